The second-order valence-corrected chi connectivity index (χ2v) is 7.58. The van der Waals surface area contributed by atoms with Crippen molar-refractivity contribution in [3.05, 3.63) is 47.5 Å². The van der Waals surface area contributed by atoms with Gasteiger partial charge < -0.3 is 19.9 Å². The maximum atomic E-state index is 13.0. The van der Waals surface area contributed by atoms with Crippen molar-refractivity contribution in [2.24, 2.45) is 17.8 Å². The van der Waals surface area contributed by atoms with Gasteiger partial charge in [-0.05, 0) is 68.2 Å². The number of hydrogen-bond acceptors (Lipinski definition) is 4. The van der Waals surface area contributed by atoms with E-state index in [4.69, 9.17) is 9.47 Å². The highest BCUT2D eigenvalue weighted by Crippen LogP contribution is 2.44. The lowest BCUT2D eigenvalue weighted by atomic mass is 9.68. The van der Waals surface area contributed by atoms with Crippen molar-refractivity contribution in [1.82, 2.24) is 5.32 Å². The highest BCUT2D eigenvalue weighted by atomic mass is 19.1. The summed E-state index contributed by atoms with van der Waals surface area (Å²) in [5.41, 5.74) is 0.823. The van der Waals surface area contributed by atoms with E-state index in [9.17, 15) is 14.3 Å². The molecule has 0 unspecified atom stereocenters. The summed E-state index contributed by atoms with van der Waals surface area (Å²) in [6.07, 6.45) is 6.51. The maximum Gasteiger partial charge on any atom is 0.286 e. The van der Waals surface area contributed by atoms with Crippen LogP contribution in [0.25, 0.3) is 0 Å². The van der Waals surface area contributed by atoms with Crippen LogP contribution in [0.2, 0.25) is 0 Å². The summed E-state index contributed by atoms with van der Waals surface area (Å²) in [4.78, 5) is 12.7. The molecular formula is C22H30FNO4. The zero-order valence-electron chi connectivity index (χ0n) is 16.4. The Kier molecular flexibility index (Phi) is 7.45. The molecule has 0 saturated heterocycles. The van der Waals surface area contributed by atoms with E-state index < -0.39 is 6.29 Å². The Bertz CT molecular complexity index is 672. The minimum Gasteiger partial charge on any atom is -0.459 e. The summed E-state index contributed by atoms with van der Waals surface area (Å²) in [6, 6.07) is 6.05. The van der Waals surface area contributed by atoms with Gasteiger partial charge in [0.1, 0.15) is 5.82 Å². The molecule has 5 nitrogen and oxygen atoms in total. The Balaban J connectivity index is 1.71. The smallest absolute Gasteiger partial charge is 0.286 e. The number of amides is 1. The van der Waals surface area contributed by atoms with Crippen molar-refractivity contribution in [2.75, 3.05) is 13.2 Å². The van der Waals surface area contributed by atoms with E-state index in [0.29, 0.717) is 31.2 Å². The summed E-state index contributed by atoms with van der Waals surface area (Å²) in [6.45, 7) is 2.86. The minimum absolute atomic E-state index is 0.140. The molecule has 28 heavy (non-hydrogen) atoms. The minimum atomic E-state index is -0.473. The summed E-state index contributed by atoms with van der Waals surface area (Å²) >= 11 is 0. The first-order valence-electron chi connectivity index (χ1n) is 10.3. The molecule has 0 spiro atoms. The van der Waals surface area contributed by atoms with E-state index in [0.717, 1.165) is 24.8 Å². The van der Waals surface area contributed by atoms with Crippen LogP contribution in [0.1, 0.15) is 44.6 Å². The lowest BCUT2D eigenvalue weighted by Gasteiger charge is -2.43. The van der Waals surface area contributed by atoms with Gasteiger partial charge in [0.2, 0.25) is 6.29 Å². The quantitative estimate of drug-likeness (QED) is 0.676. The van der Waals surface area contributed by atoms with Crippen LogP contribution < -0.4 is 5.32 Å². The third kappa shape index (κ3) is 5.11. The molecule has 1 heterocycles. The molecule has 3 rings (SSSR count). The van der Waals surface area contributed by atoms with Crippen molar-refractivity contribution < 1.29 is 23.8 Å². The molecule has 1 fully saturated rings. The first kappa shape index (κ1) is 20.8. The number of carbonyl (C=O) groups is 1. The van der Waals surface area contributed by atoms with Crippen molar-refractivity contribution in [3.63, 3.8) is 0 Å². The fourth-order valence-corrected chi connectivity index (χ4v) is 4.02. The molecule has 6 heteroatoms. The molecule has 1 aliphatic carbocycles. The first-order valence-corrected chi connectivity index (χ1v) is 10.3. The van der Waals surface area contributed by atoms with E-state index in [1.807, 2.05) is 13.0 Å². The number of hydrogen-bond donors (Lipinski definition) is 2. The van der Waals surface area contributed by atoms with Crippen molar-refractivity contribution in [1.29, 1.82) is 0 Å². The first-order chi connectivity index (χ1) is 13.6. The van der Waals surface area contributed by atoms with Crippen molar-refractivity contribution in [2.45, 2.75) is 51.9 Å². The van der Waals surface area contributed by atoms with Crippen molar-refractivity contribution >= 4 is 5.91 Å². The van der Waals surface area contributed by atoms with E-state index in [-0.39, 0.29) is 30.2 Å². The molecule has 2 N–H and O–H groups in total. The number of benzene rings is 1. The zero-order valence-corrected chi connectivity index (χ0v) is 16.4. The number of halogens is 1. The molecule has 3 atom stereocenters. The predicted octanol–water partition coefficient (Wildman–Crippen LogP) is 3.52. The molecule has 1 amide bonds. The lowest BCUT2D eigenvalue weighted by molar-refractivity contribution is -0.178. The molecule has 2 aliphatic rings. The Morgan fingerprint density at radius 1 is 1.32 bits per heavy atom. The molecule has 0 radical (unpaired) electrons. The van der Waals surface area contributed by atoms with Gasteiger partial charge >= 0.3 is 0 Å². The fourth-order valence-electron chi connectivity index (χ4n) is 4.02. The average molecular weight is 391 g/mol. The number of rotatable bonds is 9. The fraction of sp³-hybridized carbons (Fsp3) is 0.591. The Hall–Kier alpha value is -1.92. The molecule has 1 aliphatic heterocycles. The molecule has 1 aromatic carbocycles. The maximum absolute atomic E-state index is 13.0. The highest BCUT2D eigenvalue weighted by molar-refractivity contribution is 5.91. The second-order valence-electron chi connectivity index (χ2n) is 7.58. The van der Waals surface area contributed by atoms with Crippen molar-refractivity contribution in [3.8, 4) is 0 Å². The lowest BCUT2D eigenvalue weighted by Crippen LogP contribution is -2.43. The number of aliphatic hydroxyl groups excluding tert-OH is 1. The van der Waals surface area contributed by atoms with Crippen LogP contribution >= 0.6 is 0 Å². The summed E-state index contributed by atoms with van der Waals surface area (Å²) in [5.74, 6) is 0.626. The third-order valence-electron chi connectivity index (χ3n) is 5.74. The molecule has 1 aromatic rings. The Morgan fingerprint density at radius 3 is 2.68 bits per heavy atom. The molecule has 1 saturated carbocycles. The third-order valence-corrected chi connectivity index (χ3v) is 5.74. The van der Waals surface area contributed by atoms with E-state index in [1.54, 1.807) is 12.1 Å². The van der Waals surface area contributed by atoms with Gasteiger partial charge in [-0.25, -0.2) is 4.39 Å². The van der Waals surface area contributed by atoms with Crippen LogP contribution in [-0.2, 0) is 20.8 Å². The Labute approximate surface area is 165 Å². The van der Waals surface area contributed by atoms with Gasteiger partial charge in [0.25, 0.3) is 5.91 Å². The van der Waals surface area contributed by atoms with Crippen LogP contribution in [0.4, 0.5) is 4.39 Å². The standard InChI is InChI=1S/C22H30FNO4/c1-2-27-22-18(7-4-12-25)19(16-5-3-6-16)13-20(28-22)21(26)24-14-15-8-10-17(23)11-9-15/h8-11,13,16,18-19,22,25H,2-7,12,14H2,1H3,(H,24,26)/t18-,19-,22-/m0/s1. The van der Waals surface area contributed by atoms with Crippen LogP contribution in [-0.4, -0.2) is 30.5 Å². The van der Waals surface area contributed by atoms with Gasteiger partial charge in [0.15, 0.2) is 5.76 Å². The number of aliphatic hydroxyl groups is 1. The summed E-state index contributed by atoms with van der Waals surface area (Å²) in [7, 11) is 0. The monoisotopic (exact) mass is 391 g/mol. The Morgan fingerprint density at radius 2 is 2.07 bits per heavy atom. The second kappa shape index (κ2) is 10.0. The highest BCUT2D eigenvalue weighted by Gasteiger charge is 2.42. The van der Waals surface area contributed by atoms with Crippen LogP contribution in [0, 0.1) is 23.6 Å². The number of ether oxygens (including phenoxy) is 2. The van der Waals surface area contributed by atoms with E-state index in [2.05, 4.69) is 5.32 Å². The number of carbonyl (C=O) groups excluding carboxylic acids is 1. The number of nitrogens with one attached hydrogen (secondary N) is 1. The molecular weight excluding hydrogens is 361 g/mol. The largest absolute Gasteiger partial charge is 0.459 e. The van der Waals surface area contributed by atoms with E-state index >= 15 is 0 Å². The van der Waals surface area contributed by atoms with Gasteiger partial charge in [-0.2, -0.15) is 0 Å². The zero-order chi connectivity index (χ0) is 19.9. The number of allylic oxidation sites excluding steroid dienone is 1. The topological polar surface area (TPSA) is 67.8 Å². The predicted molar refractivity (Wildman–Crippen MR) is 103 cm³/mol. The van der Waals surface area contributed by atoms with Gasteiger partial charge in [-0.15, -0.1) is 0 Å². The van der Waals surface area contributed by atoms with Gasteiger partial charge in [0, 0.05) is 25.7 Å². The average Bonchev–Trinajstić information content (AvgIpc) is 2.65. The van der Waals surface area contributed by atoms with Gasteiger partial charge in [0.05, 0.1) is 0 Å². The van der Waals surface area contributed by atoms with Crippen LogP contribution in [0.3, 0.4) is 0 Å². The SMILES string of the molecule is CCO[C@H]1OC(C(=O)NCc2ccc(F)cc2)=C[C@@H](C2CCC2)[C@@H]1CCCO. The molecule has 154 valence electrons. The summed E-state index contributed by atoms with van der Waals surface area (Å²) in [5, 5.41) is 12.1. The summed E-state index contributed by atoms with van der Waals surface area (Å²) < 4.78 is 24.8. The molecule has 0 bridgehead atoms. The normalized spacial score (nSPS) is 24.8. The van der Waals surface area contributed by atoms with E-state index in [1.165, 1.54) is 18.6 Å². The van der Waals surface area contributed by atoms with Gasteiger partial charge in [-0.3, -0.25) is 4.79 Å². The van der Waals surface area contributed by atoms with Crippen LogP contribution in [0.15, 0.2) is 36.1 Å². The molecule has 0 aromatic heterocycles. The van der Waals surface area contributed by atoms with Gasteiger partial charge in [-0.1, -0.05) is 18.6 Å². The van der Waals surface area contributed by atoms with Crippen LogP contribution in [0.5, 0.6) is 0 Å².